The Morgan fingerprint density at radius 2 is 2.15 bits per heavy atom. The van der Waals surface area contributed by atoms with Gasteiger partial charge in [-0.1, -0.05) is 0 Å². The zero-order chi connectivity index (χ0) is 9.59. The number of nitrogens with one attached hydrogen (secondary N) is 1. The molecule has 0 aromatic rings. The molecule has 3 N–H and O–H groups in total. The molecule has 0 aromatic carbocycles. The number of nitrogens with two attached hydrogens (primary N) is 1. The van der Waals surface area contributed by atoms with Crippen LogP contribution in [0.4, 0.5) is 0 Å². The fourth-order valence-corrected chi connectivity index (χ4v) is 1.37. The van der Waals surface area contributed by atoms with Gasteiger partial charge in [-0.15, -0.1) is 0 Å². The molecule has 0 spiro atoms. The Morgan fingerprint density at radius 1 is 1.54 bits per heavy atom. The highest BCUT2D eigenvalue weighted by molar-refractivity contribution is 5.82. The summed E-state index contributed by atoms with van der Waals surface area (Å²) in [6.45, 7) is 0. The van der Waals surface area contributed by atoms with E-state index in [2.05, 4.69) is 5.32 Å². The zero-order valence-corrected chi connectivity index (χ0v) is 6.97. The molecule has 2 fully saturated rings. The lowest BCUT2D eigenvalue weighted by Crippen LogP contribution is -2.32. The van der Waals surface area contributed by atoms with E-state index in [0.29, 0.717) is 6.42 Å². The zero-order valence-electron chi connectivity index (χ0n) is 6.97. The first-order valence-electron chi connectivity index (χ1n) is 4.29. The van der Waals surface area contributed by atoms with Crippen molar-refractivity contribution in [3.8, 4) is 0 Å². The van der Waals surface area contributed by atoms with Crippen LogP contribution in [0, 0.1) is 16.0 Å². The number of nitrogens with zero attached hydrogens (tertiary/aromatic N) is 1. The molecular weight excluding hydrogens is 174 g/mol. The van der Waals surface area contributed by atoms with Gasteiger partial charge in [-0.2, -0.15) is 0 Å². The van der Waals surface area contributed by atoms with Crippen molar-refractivity contribution in [3.05, 3.63) is 10.1 Å². The first-order valence-corrected chi connectivity index (χ1v) is 4.29. The lowest BCUT2D eigenvalue weighted by atomic mass is 10.3. The molecule has 0 radical (unpaired) electrons. The van der Waals surface area contributed by atoms with Crippen LogP contribution in [0.2, 0.25) is 0 Å². The average Bonchev–Trinajstić information content (AvgIpc) is 2.86. The van der Waals surface area contributed by atoms with Crippen LogP contribution in [0.15, 0.2) is 0 Å². The minimum atomic E-state index is -0.657. The smallest absolute Gasteiger partial charge is 0.230 e. The number of hydrogen-bond donors (Lipinski definition) is 2. The van der Waals surface area contributed by atoms with Crippen molar-refractivity contribution in [1.82, 2.24) is 5.32 Å². The van der Waals surface area contributed by atoms with Crippen LogP contribution in [0.25, 0.3) is 0 Å². The molecule has 13 heavy (non-hydrogen) atoms. The molecule has 72 valence electrons. The first kappa shape index (κ1) is 8.43. The quantitative estimate of drug-likeness (QED) is 0.429. The van der Waals surface area contributed by atoms with Gasteiger partial charge >= 0.3 is 0 Å². The van der Waals surface area contributed by atoms with Gasteiger partial charge in [-0.25, -0.2) is 0 Å². The summed E-state index contributed by atoms with van der Waals surface area (Å²) in [5.74, 6) is -0.623. The highest BCUT2D eigenvalue weighted by Crippen LogP contribution is 2.34. The Balaban J connectivity index is 1.77. The molecular formula is C7H11N3O3. The van der Waals surface area contributed by atoms with E-state index in [-0.39, 0.29) is 18.0 Å². The summed E-state index contributed by atoms with van der Waals surface area (Å²) in [6.07, 6.45) is 1.17. The second kappa shape index (κ2) is 2.66. The third-order valence-electron chi connectivity index (χ3n) is 2.53. The Kier molecular flexibility index (Phi) is 1.73. The number of amides is 1. The molecule has 2 aliphatic carbocycles. The maximum Gasteiger partial charge on any atom is 0.230 e. The van der Waals surface area contributed by atoms with Crippen molar-refractivity contribution in [2.24, 2.45) is 11.7 Å². The van der Waals surface area contributed by atoms with Gasteiger partial charge in [-0.3, -0.25) is 14.9 Å². The summed E-state index contributed by atoms with van der Waals surface area (Å²) in [6, 6.07) is -0.549. The molecule has 0 saturated heterocycles. The van der Waals surface area contributed by atoms with E-state index in [1.54, 1.807) is 0 Å². The molecule has 0 aliphatic heterocycles. The maximum absolute atomic E-state index is 11.2. The normalized spacial score (nSPS) is 41.0. The highest BCUT2D eigenvalue weighted by atomic mass is 16.6. The molecule has 1 amide bonds. The Labute approximate surface area is 74.6 Å². The maximum atomic E-state index is 11.2. The van der Waals surface area contributed by atoms with Crippen LogP contribution in [-0.2, 0) is 4.79 Å². The van der Waals surface area contributed by atoms with Gasteiger partial charge in [-0.05, 0) is 6.42 Å². The largest absolute Gasteiger partial charge is 0.351 e. The third kappa shape index (κ3) is 1.62. The Morgan fingerprint density at radius 3 is 2.54 bits per heavy atom. The van der Waals surface area contributed by atoms with Crippen molar-refractivity contribution >= 4 is 5.91 Å². The number of hydrogen-bond acceptors (Lipinski definition) is 4. The minimum Gasteiger partial charge on any atom is -0.351 e. The predicted molar refractivity (Wildman–Crippen MR) is 43.4 cm³/mol. The molecule has 4 atom stereocenters. The van der Waals surface area contributed by atoms with E-state index >= 15 is 0 Å². The molecule has 0 heterocycles. The number of carbonyl (C=O) groups excluding carboxylic acids is 1. The average molecular weight is 185 g/mol. The van der Waals surface area contributed by atoms with Crippen LogP contribution < -0.4 is 11.1 Å². The van der Waals surface area contributed by atoms with Crippen LogP contribution in [0.3, 0.4) is 0 Å². The molecule has 2 saturated carbocycles. The fraction of sp³-hybridized carbons (Fsp3) is 0.857. The van der Waals surface area contributed by atoms with Crippen molar-refractivity contribution in [1.29, 1.82) is 0 Å². The summed E-state index contributed by atoms with van der Waals surface area (Å²) in [5.41, 5.74) is 5.48. The van der Waals surface area contributed by atoms with E-state index in [9.17, 15) is 14.9 Å². The SMILES string of the molecule is NC1CC1NC(=O)C1CC1[N+](=O)[O-]. The van der Waals surface area contributed by atoms with E-state index in [0.717, 1.165) is 6.42 Å². The molecule has 4 unspecified atom stereocenters. The van der Waals surface area contributed by atoms with Crippen LogP contribution in [0.1, 0.15) is 12.8 Å². The van der Waals surface area contributed by atoms with Gasteiger partial charge in [0.05, 0.1) is 0 Å². The second-order valence-electron chi connectivity index (χ2n) is 3.71. The van der Waals surface area contributed by atoms with Crippen molar-refractivity contribution in [3.63, 3.8) is 0 Å². The monoisotopic (exact) mass is 185 g/mol. The van der Waals surface area contributed by atoms with Gasteiger partial charge in [0.25, 0.3) is 0 Å². The topological polar surface area (TPSA) is 98.3 Å². The van der Waals surface area contributed by atoms with Gasteiger partial charge in [0.2, 0.25) is 11.9 Å². The Hall–Kier alpha value is -1.17. The summed E-state index contributed by atoms with van der Waals surface area (Å²) < 4.78 is 0. The van der Waals surface area contributed by atoms with Crippen LogP contribution >= 0.6 is 0 Å². The van der Waals surface area contributed by atoms with Crippen LogP contribution in [0.5, 0.6) is 0 Å². The molecule has 2 rings (SSSR count). The van der Waals surface area contributed by atoms with Gasteiger partial charge in [0, 0.05) is 23.4 Å². The summed E-state index contributed by atoms with van der Waals surface area (Å²) in [7, 11) is 0. The van der Waals surface area contributed by atoms with Gasteiger partial charge < -0.3 is 11.1 Å². The minimum absolute atomic E-state index is 0.0526. The second-order valence-corrected chi connectivity index (χ2v) is 3.71. The standard InChI is InChI=1S/C7H11N3O3/c8-4-2-5(4)9-7(11)3-1-6(3)10(12)13/h3-6H,1-2,8H2,(H,9,11). The summed E-state index contributed by atoms with van der Waals surface area (Å²) >= 11 is 0. The number of carbonyl (C=O) groups is 1. The first-order chi connectivity index (χ1) is 6.09. The Bertz CT molecular complexity index is 268. The molecule has 0 aromatic heterocycles. The van der Waals surface area contributed by atoms with Gasteiger partial charge in [0.15, 0.2) is 0 Å². The summed E-state index contributed by atoms with van der Waals surface area (Å²) in [5, 5.41) is 12.9. The van der Waals surface area contributed by atoms with Crippen molar-refractivity contribution in [2.45, 2.75) is 31.0 Å². The fourth-order valence-electron chi connectivity index (χ4n) is 1.37. The van der Waals surface area contributed by atoms with E-state index in [1.165, 1.54) is 0 Å². The molecule has 2 aliphatic rings. The van der Waals surface area contributed by atoms with Crippen molar-refractivity contribution < 1.29 is 9.72 Å². The molecule has 6 heteroatoms. The van der Waals surface area contributed by atoms with E-state index in [4.69, 9.17) is 5.73 Å². The molecule has 0 bridgehead atoms. The van der Waals surface area contributed by atoms with E-state index < -0.39 is 16.9 Å². The number of nitro groups is 1. The molecule has 6 nitrogen and oxygen atoms in total. The lowest BCUT2D eigenvalue weighted by molar-refractivity contribution is -0.497. The summed E-state index contributed by atoms with van der Waals surface area (Å²) in [4.78, 5) is 21.1. The van der Waals surface area contributed by atoms with E-state index in [1.807, 2.05) is 0 Å². The third-order valence-corrected chi connectivity index (χ3v) is 2.53. The van der Waals surface area contributed by atoms with Crippen molar-refractivity contribution in [2.75, 3.05) is 0 Å². The lowest BCUT2D eigenvalue weighted by Gasteiger charge is -1.99. The highest BCUT2D eigenvalue weighted by Gasteiger charge is 2.54. The van der Waals surface area contributed by atoms with Gasteiger partial charge in [0.1, 0.15) is 5.92 Å². The van der Waals surface area contributed by atoms with Crippen LogP contribution in [-0.4, -0.2) is 29.0 Å². The number of rotatable bonds is 3. The predicted octanol–water partition coefficient (Wildman–Crippen LogP) is -1.13.